The van der Waals surface area contributed by atoms with Gasteiger partial charge in [-0.05, 0) is 63.6 Å². The number of likely N-dealkylation sites (tertiary alicyclic amines) is 1. The molecule has 0 radical (unpaired) electrons. The third kappa shape index (κ3) is 5.81. The highest BCUT2D eigenvalue weighted by atomic mass is 79.9. The summed E-state index contributed by atoms with van der Waals surface area (Å²) in [6.45, 7) is 6.92. The van der Waals surface area contributed by atoms with E-state index < -0.39 is 5.60 Å². The molecule has 0 saturated carbocycles. The number of carbonyl (C=O) groups excluding carboxylic acids is 1. The Morgan fingerprint density at radius 3 is 2.39 bits per heavy atom. The van der Waals surface area contributed by atoms with Crippen molar-refractivity contribution >= 4 is 22.0 Å². The molecule has 1 N–H and O–H groups in total. The Balaban J connectivity index is 1.81. The molecule has 0 aromatic heterocycles. The smallest absolute Gasteiger partial charge is 0.410 e. The standard InChI is InChI=1S/C18H26BrNO3/c1-18(2,3)23-17(22)20-10-8-14(9-11-20)16(21)12-13-4-6-15(19)7-5-13/h4-7,14,16,21H,8-12H2,1-3H3. The lowest BCUT2D eigenvalue weighted by Gasteiger charge is -2.35. The van der Waals surface area contributed by atoms with Crippen LogP contribution in [0.25, 0.3) is 0 Å². The van der Waals surface area contributed by atoms with Gasteiger partial charge in [-0.15, -0.1) is 0 Å². The SMILES string of the molecule is CC(C)(C)OC(=O)N1CCC(C(O)Cc2ccc(Br)cc2)CC1. The zero-order valence-corrected chi connectivity index (χ0v) is 15.7. The maximum absolute atomic E-state index is 12.0. The highest BCUT2D eigenvalue weighted by molar-refractivity contribution is 9.10. The number of carbonyl (C=O) groups is 1. The maximum Gasteiger partial charge on any atom is 0.410 e. The van der Waals surface area contributed by atoms with E-state index in [1.165, 1.54) is 0 Å². The van der Waals surface area contributed by atoms with Crippen molar-refractivity contribution in [3.05, 3.63) is 34.3 Å². The van der Waals surface area contributed by atoms with Crippen molar-refractivity contribution in [2.75, 3.05) is 13.1 Å². The number of aliphatic hydroxyl groups excluding tert-OH is 1. The molecule has 4 nitrogen and oxygen atoms in total. The summed E-state index contributed by atoms with van der Waals surface area (Å²) in [4.78, 5) is 13.8. The number of ether oxygens (including phenoxy) is 1. The van der Waals surface area contributed by atoms with Gasteiger partial charge in [0.05, 0.1) is 6.10 Å². The molecule has 1 aromatic carbocycles. The molecule has 0 aliphatic carbocycles. The van der Waals surface area contributed by atoms with Crippen molar-refractivity contribution in [2.24, 2.45) is 5.92 Å². The van der Waals surface area contributed by atoms with Crippen LogP contribution in [-0.2, 0) is 11.2 Å². The zero-order chi connectivity index (χ0) is 17.0. The Morgan fingerprint density at radius 1 is 1.30 bits per heavy atom. The van der Waals surface area contributed by atoms with Crippen LogP contribution in [-0.4, -0.2) is 40.9 Å². The normalized spacial score (nSPS) is 17.9. The largest absolute Gasteiger partial charge is 0.444 e. The second-order valence-electron chi connectivity index (χ2n) is 7.20. The molecule has 128 valence electrons. The number of amides is 1. The summed E-state index contributed by atoms with van der Waals surface area (Å²) < 4.78 is 6.44. The summed E-state index contributed by atoms with van der Waals surface area (Å²) in [6, 6.07) is 8.05. The summed E-state index contributed by atoms with van der Waals surface area (Å²) in [7, 11) is 0. The average molecular weight is 384 g/mol. The number of rotatable bonds is 3. The van der Waals surface area contributed by atoms with Gasteiger partial charge in [-0.1, -0.05) is 28.1 Å². The third-order valence-electron chi connectivity index (χ3n) is 4.09. The van der Waals surface area contributed by atoms with Crippen LogP contribution in [0.2, 0.25) is 0 Å². The van der Waals surface area contributed by atoms with Gasteiger partial charge in [-0.3, -0.25) is 0 Å². The predicted molar refractivity (Wildman–Crippen MR) is 94.4 cm³/mol. The first-order valence-electron chi connectivity index (χ1n) is 8.15. The first kappa shape index (κ1) is 18.3. The van der Waals surface area contributed by atoms with E-state index in [2.05, 4.69) is 15.9 Å². The molecular weight excluding hydrogens is 358 g/mol. The molecule has 1 amide bonds. The minimum absolute atomic E-state index is 0.234. The molecule has 1 aliphatic rings. The van der Waals surface area contributed by atoms with Crippen LogP contribution < -0.4 is 0 Å². The van der Waals surface area contributed by atoms with Crippen LogP contribution in [0.3, 0.4) is 0 Å². The van der Waals surface area contributed by atoms with E-state index in [0.717, 1.165) is 22.9 Å². The number of hydrogen-bond donors (Lipinski definition) is 1. The molecule has 1 heterocycles. The zero-order valence-electron chi connectivity index (χ0n) is 14.1. The molecule has 1 aliphatic heterocycles. The van der Waals surface area contributed by atoms with E-state index in [1.54, 1.807) is 4.90 Å². The topological polar surface area (TPSA) is 49.8 Å². The van der Waals surface area contributed by atoms with Crippen LogP contribution in [0.4, 0.5) is 4.79 Å². The fourth-order valence-corrected chi connectivity index (χ4v) is 3.09. The number of hydrogen-bond acceptors (Lipinski definition) is 3. The predicted octanol–water partition coefficient (Wildman–Crippen LogP) is 4.00. The Bertz CT molecular complexity index is 516. The van der Waals surface area contributed by atoms with Gasteiger partial charge in [0.15, 0.2) is 0 Å². The fourth-order valence-electron chi connectivity index (χ4n) is 2.82. The van der Waals surface area contributed by atoms with Crippen molar-refractivity contribution in [1.29, 1.82) is 0 Å². The molecule has 1 aromatic rings. The van der Waals surface area contributed by atoms with Gasteiger partial charge in [0, 0.05) is 17.6 Å². The molecule has 5 heteroatoms. The monoisotopic (exact) mass is 383 g/mol. The quantitative estimate of drug-likeness (QED) is 0.857. The molecule has 1 fully saturated rings. The number of nitrogens with zero attached hydrogens (tertiary/aromatic N) is 1. The van der Waals surface area contributed by atoms with Crippen LogP contribution in [0.5, 0.6) is 0 Å². The molecule has 2 rings (SSSR count). The van der Waals surface area contributed by atoms with Crippen molar-refractivity contribution in [3.8, 4) is 0 Å². The van der Waals surface area contributed by atoms with E-state index in [-0.39, 0.29) is 18.1 Å². The molecule has 1 saturated heterocycles. The van der Waals surface area contributed by atoms with Crippen LogP contribution >= 0.6 is 15.9 Å². The van der Waals surface area contributed by atoms with Gasteiger partial charge < -0.3 is 14.7 Å². The number of aliphatic hydroxyl groups is 1. The number of benzene rings is 1. The lowest BCUT2D eigenvalue weighted by Crippen LogP contribution is -2.43. The maximum atomic E-state index is 12.0. The van der Waals surface area contributed by atoms with E-state index in [1.807, 2.05) is 45.0 Å². The molecular formula is C18H26BrNO3. The number of piperidine rings is 1. The van der Waals surface area contributed by atoms with Gasteiger partial charge >= 0.3 is 6.09 Å². The van der Waals surface area contributed by atoms with Gasteiger partial charge in [-0.25, -0.2) is 4.79 Å². The van der Waals surface area contributed by atoms with Crippen molar-refractivity contribution in [2.45, 2.75) is 51.7 Å². The summed E-state index contributed by atoms with van der Waals surface area (Å²) in [5.74, 6) is 0.234. The second-order valence-corrected chi connectivity index (χ2v) is 8.12. The fraction of sp³-hybridized carbons (Fsp3) is 0.611. The molecule has 0 bridgehead atoms. The van der Waals surface area contributed by atoms with Crippen molar-refractivity contribution in [3.63, 3.8) is 0 Å². The van der Waals surface area contributed by atoms with E-state index in [9.17, 15) is 9.90 Å². The highest BCUT2D eigenvalue weighted by Gasteiger charge is 2.29. The van der Waals surface area contributed by atoms with Crippen LogP contribution in [0, 0.1) is 5.92 Å². The van der Waals surface area contributed by atoms with E-state index in [4.69, 9.17) is 4.74 Å². The Hall–Kier alpha value is -1.07. The average Bonchev–Trinajstić information content (AvgIpc) is 2.48. The Kier molecular flexibility index (Phi) is 6.09. The van der Waals surface area contributed by atoms with Gasteiger partial charge in [0.25, 0.3) is 0 Å². The molecule has 1 unspecified atom stereocenters. The summed E-state index contributed by atoms with van der Waals surface area (Å²) in [5, 5.41) is 10.5. The molecule has 23 heavy (non-hydrogen) atoms. The lowest BCUT2D eigenvalue weighted by atomic mass is 9.88. The third-order valence-corrected chi connectivity index (χ3v) is 4.62. The van der Waals surface area contributed by atoms with Crippen molar-refractivity contribution in [1.82, 2.24) is 4.90 Å². The second kappa shape index (κ2) is 7.67. The number of halogens is 1. The van der Waals surface area contributed by atoms with Crippen LogP contribution in [0.1, 0.15) is 39.2 Å². The summed E-state index contributed by atoms with van der Waals surface area (Å²) in [6.07, 6.45) is 1.67. The van der Waals surface area contributed by atoms with Gasteiger partial charge in [0.2, 0.25) is 0 Å². The highest BCUT2D eigenvalue weighted by Crippen LogP contribution is 2.24. The first-order chi connectivity index (χ1) is 10.7. The van der Waals surface area contributed by atoms with E-state index >= 15 is 0 Å². The summed E-state index contributed by atoms with van der Waals surface area (Å²) >= 11 is 3.42. The minimum atomic E-state index is -0.463. The summed E-state index contributed by atoms with van der Waals surface area (Å²) in [5.41, 5.74) is 0.671. The van der Waals surface area contributed by atoms with Crippen LogP contribution in [0.15, 0.2) is 28.7 Å². The molecule has 0 spiro atoms. The Morgan fingerprint density at radius 2 is 1.87 bits per heavy atom. The minimum Gasteiger partial charge on any atom is -0.444 e. The lowest BCUT2D eigenvalue weighted by molar-refractivity contribution is 0.00800. The van der Waals surface area contributed by atoms with Gasteiger partial charge in [0.1, 0.15) is 5.60 Å². The van der Waals surface area contributed by atoms with E-state index in [0.29, 0.717) is 19.5 Å². The Labute approximate surface area is 147 Å². The molecule has 1 atom stereocenters. The van der Waals surface area contributed by atoms with Crippen molar-refractivity contribution < 1.29 is 14.6 Å². The first-order valence-corrected chi connectivity index (χ1v) is 8.94. The van der Waals surface area contributed by atoms with Gasteiger partial charge in [-0.2, -0.15) is 0 Å².